The third-order valence-electron chi connectivity index (χ3n) is 2.61. The van der Waals surface area contributed by atoms with Crippen LogP contribution in [0, 0.1) is 6.92 Å². The molecule has 0 saturated carbocycles. The third kappa shape index (κ3) is 2.74. The van der Waals surface area contributed by atoms with Gasteiger partial charge in [-0.3, -0.25) is 4.98 Å². The van der Waals surface area contributed by atoms with Crippen LogP contribution in [0.15, 0.2) is 31.0 Å². The molecule has 0 N–H and O–H groups in total. The van der Waals surface area contributed by atoms with E-state index >= 15 is 0 Å². The van der Waals surface area contributed by atoms with Crippen molar-refractivity contribution in [3.63, 3.8) is 0 Å². The highest BCUT2D eigenvalue weighted by Gasteiger charge is 2.10. The Morgan fingerprint density at radius 3 is 3.06 bits per heavy atom. The van der Waals surface area contributed by atoms with Crippen molar-refractivity contribution in [1.82, 2.24) is 14.5 Å². The molecular formula is C13H15N3O2. The van der Waals surface area contributed by atoms with Crippen LogP contribution in [0.1, 0.15) is 28.5 Å². The summed E-state index contributed by atoms with van der Waals surface area (Å²) in [5, 5.41) is 0. The maximum atomic E-state index is 11.5. The zero-order valence-electron chi connectivity index (χ0n) is 10.5. The van der Waals surface area contributed by atoms with Crippen LogP contribution in [0.4, 0.5) is 0 Å². The number of pyridine rings is 1. The van der Waals surface area contributed by atoms with E-state index in [1.807, 2.05) is 23.8 Å². The largest absolute Gasteiger partial charge is 0.461 e. The Balaban J connectivity index is 2.12. The van der Waals surface area contributed by atoms with Crippen LogP contribution in [0.2, 0.25) is 0 Å². The van der Waals surface area contributed by atoms with Gasteiger partial charge in [-0.15, -0.1) is 0 Å². The molecule has 5 heteroatoms. The lowest BCUT2D eigenvalue weighted by molar-refractivity contribution is 0.0520. The maximum Gasteiger partial charge on any atom is 0.358 e. The van der Waals surface area contributed by atoms with Gasteiger partial charge >= 0.3 is 5.97 Å². The van der Waals surface area contributed by atoms with Crippen molar-refractivity contribution >= 4 is 5.97 Å². The van der Waals surface area contributed by atoms with Gasteiger partial charge in [0.25, 0.3) is 0 Å². The lowest BCUT2D eigenvalue weighted by Crippen LogP contribution is -2.05. The second-order valence-corrected chi connectivity index (χ2v) is 3.95. The summed E-state index contributed by atoms with van der Waals surface area (Å²) in [7, 11) is 0. The first-order valence-corrected chi connectivity index (χ1v) is 5.79. The fraction of sp³-hybridized carbons (Fsp3) is 0.308. The first kappa shape index (κ1) is 12.3. The predicted octanol–water partition coefficient (Wildman–Crippen LogP) is 1.81. The van der Waals surface area contributed by atoms with Crippen LogP contribution < -0.4 is 0 Å². The van der Waals surface area contributed by atoms with Gasteiger partial charge in [0.1, 0.15) is 0 Å². The Kier molecular flexibility index (Phi) is 3.72. The van der Waals surface area contributed by atoms with E-state index in [-0.39, 0.29) is 5.97 Å². The molecule has 2 rings (SSSR count). The molecule has 0 aliphatic rings. The van der Waals surface area contributed by atoms with Gasteiger partial charge in [-0.05, 0) is 31.0 Å². The summed E-state index contributed by atoms with van der Waals surface area (Å²) < 4.78 is 6.75. The zero-order chi connectivity index (χ0) is 13.0. The summed E-state index contributed by atoms with van der Waals surface area (Å²) >= 11 is 0. The van der Waals surface area contributed by atoms with Gasteiger partial charge in [-0.2, -0.15) is 0 Å². The van der Waals surface area contributed by atoms with Gasteiger partial charge in [-0.25, -0.2) is 9.78 Å². The summed E-state index contributed by atoms with van der Waals surface area (Å²) in [6, 6.07) is 1.96. The normalized spacial score (nSPS) is 10.3. The van der Waals surface area contributed by atoms with E-state index in [9.17, 15) is 4.79 Å². The van der Waals surface area contributed by atoms with E-state index in [4.69, 9.17) is 4.74 Å². The van der Waals surface area contributed by atoms with Crippen molar-refractivity contribution < 1.29 is 9.53 Å². The van der Waals surface area contributed by atoms with E-state index < -0.39 is 0 Å². The predicted molar refractivity (Wildman–Crippen MR) is 66.3 cm³/mol. The van der Waals surface area contributed by atoms with Gasteiger partial charge in [0.2, 0.25) is 0 Å². The van der Waals surface area contributed by atoms with Crippen molar-refractivity contribution in [2.24, 2.45) is 0 Å². The molecule has 0 amide bonds. The average Bonchev–Trinajstić information content (AvgIpc) is 2.81. The van der Waals surface area contributed by atoms with E-state index in [1.165, 1.54) is 0 Å². The first-order valence-electron chi connectivity index (χ1n) is 5.79. The van der Waals surface area contributed by atoms with Gasteiger partial charge in [0, 0.05) is 25.1 Å². The smallest absolute Gasteiger partial charge is 0.358 e. The average molecular weight is 245 g/mol. The SMILES string of the molecule is CCOC(=O)c1cn(Cc2ccncc2C)cn1. The number of esters is 1. The highest BCUT2D eigenvalue weighted by molar-refractivity contribution is 5.86. The van der Waals surface area contributed by atoms with Crippen LogP contribution in [-0.4, -0.2) is 27.1 Å². The Bertz CT molecular complexity index is 549. The quantitative estimate of drug-likeness (QED) is 0.771. The molecule has 0 saturated heterocycles. The zero-order valence-corrected chi connectivity index (χ0v) is 10.5. The fourth-order valence-electron chi connectivity index (χ4n) is 1.63. The van der Waals surface area contributed by atoms with Gasteiger partial charge in [0.05, 0.1) is 12.9 Å². The summed E-state index contributed by atoms with van der Waals surface area (Å²) in [6.45, 7) is 4.80. The molecule has 0 unspecified atom stereocenters. The number of aryl methyl sites for hydroxylation is 1. The molecule has 2 aromatic heterocycles. The Morgan fingerprint density at radius 1 is 1.50 bits per heavy atom. The van der Waals surface area contributed by atoms with Crippen LogP contribution in [0.3, 0.4) is 0 Å². The Hall–Kier alpha value is -2.17. The Morgan fingerprint density at radius 2 is 2.33 bits per heavy atom. The van der Waals surface area contributed by atoms with E-state index in [0.717, 1.165) is 11.1 Å². The minimum Gasteiger partial charge on any atom is -0.461 e. The molecule has 0 atom stereocenters. The minimum absolute atomic E-state index is 0.337. The molecule has 0 aromatic carbocycles. The molecule has 5 nitrogen and oxygen atoms in total. The molecule has 0 spiro atoms. The summed E-state index contributed by atoms with van der Waals surface area (Å²) in [6.07, 6.45) is 6.90. The number of aromatic nitrogens is 3. The van der Waals surface area contributed by atoms with Crippen LogP contribution in [0.25, 0.3) is 0 Å². The highest BCUT2D eigenvalue weighted by Crippen LogP contribution is 2.08. The first-order chi connectivity index (χ1) is 8.70. The summed E-state index contributed by atoms with van der Waals surface area (Å²) in [5.74, 6) is -0.386. The van der Waals surface area contributed by atoms with Crippen molar-refractivity contribution in [2.75, 3.05) is 6.61 Å². The Labute approximate surface area is 105 Å². The van der Waals surface area contributed by atoms with E-state index in [1.54, 1.807) is 25.6 Å². The number of ether oxygens (including phenoxy) is 1. The van der Waals surface area contributed by atoms with Crippen molar-refractivity contribution in [3.05, 3.63) is 47.8 Å². The molecule has 0 aliphatic heterocycles. The molecule has 94 valence electrons. The lowest BCUT2D eigenvalue weighted by Gasteiger charge is -2.05. The monoisotopic (exact) mass is 245 g/mol. The van der Waals surface area contributed by atoms with Crippen LogP contribution >= 0.6 is 0 Å². The van der Waals surface area contributed by atoms with Crippen LogP contribution in [0.5, 0.6) is 0 Å². The molecule has 0 fully saturated rings. The summed E-state index contributed by atoms with van der Waals surface area (Å²) in [5.41, 5.74) is 2.60. The molecule has 18 heavy (non-hydrogen) atoms. The standard InChI is InChI=1S/C13H15N3O2/c1-3-18-13(17)12-8-16(9-15-12)7-11-4-5-14-6-10(11)2/h4-6,8-9H,3,7H2,1-2H3. The number of imidazole rings is 1. The van der Waals surface area contributed by atoms with Crippen molar-refractivity contribution in [2.45, 2.75) is 20.4 Å². The molecular weight excluding hydrogens is 230 g/mol. The number of nitrogens with zero attached hydrogens (tertiary/aromatic N) is 3. The highest BCUT2D eigenvalue weighted by atomic mass is 16.5. The van der Waals surface area contributed by atoms with Crippen molar-refractivity contribution in [1.29, 1.82) is 0 Å². The summed E-state index contributed by atoms with van der Waals surface area (Å²) in [4.78, 5) is 19.5. The van der Waals surface area contributed by atoms with Gasteiger partial charge in [0.15, 0.2) is 5.69 Å². The third-order valence-corrected chi connectivity index (χ3v) is 2.61. The molecule has 0 aliphatic carbocycles. The lowest BCUT2D eigenvalue weighted by atomic mass is 10.1. The molecule has 0 radical (unpaired) electrons. The topological polar surface area (TPSA) is 57.0 Å². The molecule has 2 heterocycles. The maximum absolute atomic E-state index is 11.5. The van der Waals surface area contributed by atoms with E-state index in [2.05, 4.69) is 9.97 Å². The van der Waals surface area contributed by atoms with Crippen molar-refractivity contribution in [3.8, 4) is 0 Å². The number of hydrogen-bond donors (Lipinski definition) is 0. The van der Waals surface area contributed by atoms with Gasteiger partial charge in [-0.1, -0.05) is 0 Å². The molecule has 2 aromatic rings. The number of rotatable bonds is 4. The van der Waals surface area contributed by atoms with Gasteiger partial charge < -0.3 is 9.30 Å². The van der Waals surface area contributed by atoms with E-state index in [0.29, 0.717) is 18.8 Å². The fourth-order valence-corrected chi connectivity index (χ4v) is 1.63. The second kappa shape index (κ2) is 5.44. The molecule has 0 bridgehead atoms. The number of hydrogen-bond acceptors (Lipinski definition) is 4. The number of carbonyl (C=O) groups is 1. The minimum atomic E-state index is -0.386. The second-order valence-electron chi connectivity index (χ2n) is 3.95. The van der Waals surface area contributed by atoms with Crippen LogP contribution in [-0.2, 0) is 11.3 Å². The number of carbonyl (C=O) groups excluding carboxylic acids is 1.